The Balaban J connectivity index is 0. The highest BCUT2D eigenvalue weighted by Gasteiger charge is 2.30. The standard InChI is InChI=1S/C17H22S.C8H18.C5H11FO.C2H5N/c1-5-17(10-8-16(18-4)9-11-17)15-7-6-13(2)14(3)12-15;1-4-6-8(3)7-5-2;1-4-5(2,3)7-6;1-3-2/h5-8,10,12,16H,1,9,11H2,2-4H3;8H,4-7H2,1-3H3;4H2,1-3H3;1H2,2H3/t16?,17-;;;/m0.../s1. The van der Waals surface area contributed by atoms with Gasteiger partial charge in [0.05, 0.1) is 0 Å². The zero-order valence-electron chi connectivity index (χ0n) is 25.1. The number of halogens is 1. The van der Waals surface area contributed by atoms with Crippen LogP contribution in [0.5, 0.6) is 0 Å². The average molecular weight is 522 g/mol. The van der Waals surface area contributed by atoms with Crippen LogP contribution in [0.25, 0.3) is 0 Å². The molecule has 1 aliphatic carbocycles. The van der Waals surface area contributed by atoms with Gasteiger partial charge in [-0.15, -0.1) is 6.58 Å². The summed E-state index contributed by atoms with van der Waals surface area (Å²) >= 11 is 1.94. The lowest BCUT2D eigenvalue weighted by molar-refractivity contribution is -0.222. The third-order valence-corrected chi connectivity index (χ3v) is 7.78. The summed E-state index contributed by atoms with van der Waals surface area (Å²) in [5.74, 6) is 0.963. The van der Waals surface area contributed by atoms with E-state index >= 15 is 0 Å². The van der Waals surface area contributed by atoms with Crippen molar-refractivity contribution in [3.05, 3.63) is 59.7 Å². The van der Waals surface area contributed by atoms with E-state index < -0.39 is 5.60 Å². The lowest BCUT2D eigenvalue weighted by Crippen LogP contribution is -2.26. The molecule has 0 spiro atoms. The molecule has 2 atom stereocenters. The van der Waals surface area contributed by atoms with Gasteiger partial charge < -0.3 is 4.99 Å². The topological polar surface area (TPSA) is 21.6 Å². The molecule has 0 radical (unpaired) electrons. The molecule has 1 aromatic carbocycles. The first-order valence-electron chi connectivity index (χ1n) is 13.5. The monoisotopic (exact) mass is 521 g/mol. The maximum absolute atomic E-state index is 11.3. The molecule has 0 amide bonds. The lowest BCUT2D eigenvalue weighted by Gasteiger charge is -2.33. The molecule has 2 rings (SSSR count). The fraction of sp³-hybridized carbons (Fsp3) is 0.656. The molecule has 1 unspecified atom stereocenters. The minimum absolute atomic E-state index is 0.0463. The highest BCUT2D eigenvalue weighted by atomic mass is 32.2. The molecule has 0 saturated heterocycles. The second kappa shape index (κ2) is 20.6. The van der Waals surface area contributed by atoms with Crippen LogP contribution in [0.4, 0.5) is 4.53 Å². The van der Waals surface area contributed by atoms with Crippen molar-refractivity contribution in [1.82, 2.24) is 0 Å². The first kappa shape index (κ1) is 36.8. The molecule has 0 heterocycles. The van der Waals surface area contributed by atoms with Gasteiger partial charge >= 0.3 is 0 Å². The van der Waals surface area contributed by atoms with E-state index in [9.17, 15) is 4.53 Å². The van der Waals surface area contributed by atoms with Crippen molar-refractivity contribution in [2.75, 3.05) is 13.3 Å². The van der Waals surface area contributed by atoms with E-state index in [0.29, 0.717) is 11.7 Å². The average Bonchev–Trinajstić information content (AvgIpc) is 2.87. The highest BCUT2D eigenvalue weighted by molar-refractivity contribution is 7.99. The zero-order chi connectivity index (χ0) is 28.2. The van der Waals surface area contributed by atoms with Crippen LogP contribution >= 0.6 is 11.8 Å². The Morgan fingerprint density at radius 3 is 2.06 bits per heavy atom. The van der Waals surface area contributed by atoms with Gasteiger partial charge in [0.15, 0.2) is 0 Å². The molecule has 0 N–H and O–H groups in total. The number of allylic oxidation sites excluding steroid dienone is 2. The van der Waals surface area contributed by atoms with Crippen molar-refractivity contribution in [2.45, 2.75) is 117 Å². The van der Waals surface area contributed by atoms with Gasteiger partial charge in [0.25, 0.3) is 0 Å². The van der Waals surface area contributed by atoms with Crippen LogP contribution in [0.2, 0.25) is 0 Å². The van der Waals surface area contributed by atoms with Crippen molar-refractivity contribution in [2.24, 2.45) is 10.9 Å². The number of aliphatic imine (C=N–C) groups is 1. The van der Waals surface area contributed by atoms with Crippen molar-refractivity contribution in [3.8, 4) is 0 Å². The van der Waals surface area contributed by atoms with Gasteiger partial charge in [0.1, 0.15) is 5.60 Å². The van der Waals surface area contributed by atoms with Crippen molar-refractivity contribution < 1.29 is 9.47 Å². The second-order valence-electron chi connectivity index (χ2n) is 10.4. The Morgan fingerprint density at radius 1 is 1.19 bits per heavy atom. The maximum Gasteiger partial charge on any atom is 0.103 e. The Bertz CT molecular complexity index is 734. The van der Waals surface area contributed by atoms with Gasteiger partial charge in [0, 0.05) is 17.7 Å². The number of hydrogen-bond donors (Lipinski definition) is 0. The molecule has 0 saturated carbocycles. The molecular weight excluding hydrogens is 465 g/mol. The predicted octanol–water partition coefficient (Wildman–Crippen LogP) is 10.4. The quantitative estimate of drug-likeness (QED) is 0.238. The van der Waals surface area contributed by atoms with Crippen LogP contribution in [0.15, 0.2) is 48.0 Å². The third kappa shape index (κ3) is 15.0. The van der Waals surface area contributed by atoms with Crippen molar-refractivity contribution in [1.29, 1.82) is 0 Å². The van der Waals surface area contributed by atoms with E-state index in [-0.39, 0.29) is 5.41 Å². The Morgan fingerprint density at radius 2 is 1.75 bits per heavy atom. The Labute approximate surface area is 228 Å². The highest BCUT2D eigenvalue weighted by Crippen LogP contribution is 2.39. The SMILES string of the molecule is C=C[C@]1(c2ccc(C)c(C)c2)C=CC(SC)CC1.C=NC.CCC(C)(C)OF.CCCC(C)CCC. The lowest BCUT2D eigenvalue weighted by atomic mass is 9.73. The normalized spacial score (nSPS) is 18.6. The van der Waals surface area contributed by atoms with Gasteiger partial charge in [-0.3, -0.25) is 0 Å². The summed E-state index contributed by atoms with van der Waals surface area (Å²) in [6.45, 7) is 23.7. The molecule has 0 bridgehead atoms. The molecule has 0 aromatic heterocycles. The predicted molar refractivity (Wildman–Crippen MR) is 164 cm³/mol. The van der Waals surface area contributed by atoms with Gasteiger partial charge in [-0.05, 0) is 87.1 Å². The maximum atomic E-state index is 11.3. The first-order chi connectivity index (χ1) is 17.0. The molecule has 1 aliphatic rings. The summed E-state index contributed by atoms with van der Waals surface area (Å²) in [4.78, 5) is 6.84. The number of thioether (sulfide) groups is 1. The molecular formula is C32H56FNOS. The summed E-state index contributed by atoms with van der Waals surface area (Å²) in [6, 6.07) is 6.80. The van der Waals surface area contributed by atoms with Crippen LogP contribution < -0.4 is 0 Å². The van der Waals surface area contributed by atoms with E-state index in [1.165, 1.54) is 55.2 Å². The van der Waals surface area contributed by atoms with E-state index in [4.69, 9.17) is 0 Å². The van der Waals surface area contributed by atoms with Crippen LogP contribution in [0, 0.1) is 19.8 Å². The van der Waals surface area contributed by atoms with Crippen LogP contribution in [0.1, 0.15) is 103 Å². The van der Waals surface area contributed by atoms with Crippen molar-refractivity contribution in [3.63, 3.8) is 0 Å². The fourth-order valence-corrected chi connectivity index (χ4v) is 4.37. The van der Waals surface area contributed by atoms with Gasteiger partial charge in [-0.25, -0.2) is 0 Å². The number of hydrogen-bond acceptors (Lipinski definition) is 3. The van der Waals surface area contributed by atoms with E-state index in [1.54, 1.807) is 20.9 Å². The number of aryl methyl sites for hydroxylation is 2. The minimum atomic E-state index is -0.583. The summed E-state index contributed by atoms with van der Waals surface area (Å²) in [5.41, 5.74) is 3.58. The summed E-state index contributed by atoms with van der Waals surface area (Å²) in [6.07, 6.45) is 17.6. The van der Waals surface area contributed by atoms with E-state index in [0.717, 1.165) is 5.92 Å². The smallest absolute Gasteiger partial charge is 0.103 e. The largest absolute Gasteiger partial charge is 0.304 e. The summed E-state index contributed by atoms with van der Waals surface area (Å²) < 4.78 is 11.3. The summed E-state index contributed by atoms with van der Waals surface area (Å²) in [7, 11) is 1.64. The Kier molecular flexibility index (Phi) is 21.1. The molecule has 1 aromatic rings. The van der Waals surface area contributed by atoms with Gasteiger partial charge in [-0.2, -0.15) is 16.7 Å². The first-order valence-corrected chi connectivity index (χ1v) is 14.8. The fourth-order valence-electron chi connectivity index (χ4n) is 3.78. The Hall–Kier alpha value is -1.39. The molecule has 208 valence electrons. The van der Waals surface area contributed by atoms with Crippen molar-refractivity contribution >= 4 is 18.5 Å². The minimum Gasteiger partial charge on any atom is -0.304 e. The van der Waals surface area contributed by atoms with Gasteiger partial charge in [-0.1, -0.05) is 89.8 Å². The number of rotatable bonds is 9. The number of benzene rings is 1. The molecule has 0 fully saturated rings. The molecule has 2 nitrogen and oxygen atoms in total. The van der Waals surface area contributed by atoms with Crippen LogP contribution in [-0.4, -0.2) is 30.9 Å². The van der Waals surface area contributed by atoms with Crippen LogP contribution in [0.3, 0.4) is 0 Å². The molecule has 0 aliphatic heterocycles. The van der Waals surface area contributed by atoms with Crippen LogP contribution in [-0.2, 0) is 10.4 Å². The number of nitrogens with zero attached hydrogens (tertiary/aromatic N) is 1. The van der Waals surface area contributed by atoms with Gasteiger partial charge in [0.2, 0.25) is 0 Å². The second-order valence-corrected chi connectivity index (χ2v) is 11.5. The third-order valence-electron chi connectivity index (χ3n) is 6.79. The molecule has 4 heteroatoms. The molecule has 36 heavy (non-hydrogen) atoms. The van der Waals surface area contributed by atoms with E-state index in [2.05, 4.69) is 101 Å². The van der Waals surface area contributed by atoms with E-state index in [1.807, 2.05) is 18.7 Å². The summed E-state index contributed by atoms with van der Waals surface area (Å²) in [5, 5.41) is 0.671. The zero-order valence-corrected chi connectivity index (χ0v) is 25.9.